The van der Waals surface area contributed by atoms with Crippen molar-refractivity contribution in [1.82, 2.24) is 5.32 Å². The molecule has 0 aliphatic heterocycles. The van der Waals surface area contributed by atoms with Crippen molar-refractivity contribution >= 4 is 34.5 Å². The monoisotopic (exact) mass is 331 g/mol. The van der Waals surface area contributed by atoms with E-state index in [2.05, 4.69) is 27.9 Å². The van der Waals surface area contributed by atoms with Gasteiger partial charge in [-0.2, -0.15) is 0 Å². The number of benzene rings is 1. The predicted molar refractivity (Wildman–Crippen MR) is 66.2 cm³/mol. The predicted octanol–water partition coefficient (Wildman–Crippen LogP) is 1.64. The number of halogens is 1. The van der Waals surface area contributed by atoms with Crippen LogP contribution in [0.5, 0.6) is 0 Å². The van der Waals surface area contributed by atoms with Crippen LogP contribution in [0.25, 0.3) is 0 Å². The molecule has 1 amide bonds. The molecule has 0 heterocycles. The zero-order chi connectivity index (χ0) is 11.8. The molecule has 5 heteroatoms. The van der Waals surface area contributed by atoms with Crippen LogP contribution in [-0.2, 0) is 4.79 Å². The Morgan fingerprint density at radius 1 is 1.31 bits per heavy atom. The van der Waals surface area contributed by atoms with Crippen LogP contribution in [-0.4, -0.2) is 22.5 Å². The summed E-state index contributed by atoms with van der Waals surface area (Å²) in [5.74, 6) is -1.27. The molecule has 1 aliphatic rings. The number of amides is 1. The van der Waals surface area contributed by atoms with Gasteiger partial charge in [0.05, 0.1) is 5.56 Å². The van der Waals surface area contributed by atoms with Gasteiger partial charge in [-0.25, -0.2) is 4.79 Å². The summed E-state index contributed by atoms with van der Waals surface area (Å²) < 4.78 is 0.818. The smallest absolute Gasteiger partial charge is 0.329 e. The molecule has 0 bridgehead atoms. The lowest BCUT2D eigenvalue weighted by Crippen LogP contribution is -2.43. The second kappa shape index (κ2) is 4.04. The number of nitrogens with one attached hydrogen (secondary N) is 1. The first-order valence-corrected chi connectivity index (χ1v) is 5.93. The Labute approximate surface area is 106 Å². The third-order valence-corrected chi connectivity index (χ3v) is 3.57. The summed E-state index contributed by atoms with van der Waals surface area (Å²) in [5, 5.41) is 11.5. The fraction of sp³-hybridized carbons (Fsp3) is 0.273. The van der Waals surface area contributed by atoms with E-state index in [1.54, 1.807) is 12.1 Å². The van der Waals surface area contributed by atoms with Gasteiger partial charge in [-0.1, -0.05) is 12.1 Å². The van der Waals surface area contributed by atoms with Crippen LogP contribution in [0.3, 0.4) is 0 Å². The largest absolute Gasteiger partial charge is 0.480 e. The molecule has 1 aromatic rings. The molecule has 1 saturated carbocycles. The first-order chi connectivity index (χ1) is 7.55. The molecule has 0 atom stereocenters. The van der Waals surface area contributed by atoms with Gasteiger partial charge in [-0.15, -0.1) is 0 Å². The highest BCUT2D eigenvalue weighted by Crippen LogP contribution is 2.35. The van der Waals surface area contributed by atoms with Crippen LogP contribution >= 0.6 is 22.6 Å². The highest BCUT2D eigenvalue weighted by Gasteiger charge is 2.51. The minimum atomic E-state index is -1.02. The van der Waals surface area contributed by atoms with Gasteiger partial charge in [0, 0.05) is 3.57 Å². The third-order valence-electron chi connectivity index (χ3n) is 2.63. The maximum Gasteiger partial charge on any atom is 0.329 e. The van der Waals surface area contributed by atoms with Crippen molar-refractivity contribution in [2.45, 2.75) is 18.4 Å². The molecule has 1 aromatic carbocycles. The quantitative estimate of drug-likeness (QED) is 0.828. The molecule has 2 rings (SSSR count). The second-order valence-corrected chi connectivity index (χ2v) is 4.98. The van der Waals surface area contributed by atoms with Gasteiger partial charge in [-0.05, 0) is 47.6 Å². The average Bonchev–Trinajstić information content (AvgIpc) is 2.99. The first kappa shape index (κ1) is 11.4. The van der Waals surface area contributed by atoms with Crippen molar-refractivity contribution in [3.05, 3.63) is 33.4 Å². The summed E-state index contributed by atoms with van der Waals surface area (Å²) in [6.07, 6.45) is 1.02. The summed E-state index contributed by atoms with van der Waals surface area (Å²) in [6.45, 7) is 0. The lowest BCUT2D eigenvalue weighted by atomic mass is 10.2. The van der Waals surface area contributed by atoms with Crippen LogP contribution < -0.4 is 5.32 Å². The summed E-state index contributed by atoms with van der Waals surface area (Å²) >= 11 is 2.06. The van der Waals surface area contributed by atoms with Crippen molar-refractivity contribution in [1.29, 1.82) is 0 Å². The number of aliphatic carboxylic acids is 1. The first-order valence-electron chi connectivity index (χ1n) is 4.86. The second-order valence-electron chi connectivity index (χ2n) is 3.82. The average molecular weight is 331 g/mol. The molecular weight excluding hydrogens is 321 g/mol. The highest BCUT2D eigenvalue weighted by atomic mass is 127. The molecule has 0 saturated heterocycles. The van der Waals surface area contributed by atoms with Gasteiger partial charge in [-0.3, -0.25) is 4.79 Å². The number of carbonyl (C=O) groups is 2. The zero-order valence-electron chi connectivity index (χ0n) is 8.37. The number of carboxylic acid groups (broad SMARTS) is 1. The van der Waals surface area contributed by atoms with E-state index in [0.717, 1.165) is 3.57 Å². The molecule has 0 aromatic heterocycles. The Morgan fingerprint density at radius 3 is 2.44 bits per heavy atom. The Morgan fingerprint density at radius 2 is 1.94 bits per heavy atom. The van der Waals surface area contributed by atoms with Crippen LogP contribution in [0.4, 0.5) is 0 Å². The minimum absolute atomic E-state index is 0.315. The van der Waals surface area contributed by atoms with E-state index in [-0.39, 0.29) is 5.91 Å². The van der Waals surface area contributed by atoms with E-state index in [4.69, 9.17) is 5.11 Å². The third kappa shape index (κ3) is 2.04. The highest BCUT2D eigenvalue weighted by molar-refractivity contribution is 14.1. The molecule has 2 N–H and O–H groups in total. The van der Waals surface area contributed by atoms with E-state index in [1.807, 2.05) is 12.1 Å². The van der Waals surface area contributed by atoms with Gasteiger partial charge < -0.3 is 10.4 Å². The molecule has 1 fully saturated rings. The molecule has 4 nitrogen and oxygen atoms in total. The maximum absolute atomic E-state index is 11.8. The SMILES string of the molecule is O=C(NC1(C(=O)O)CC1)c1ccccc1I. The minimum Gasteiger partial charge on any atom is -0.480 e. The summed E-state index contributed by atoms with van der Waals surface area (Å²) in [6, 6.07) is 7.10. The van der Waals surface area contributed by atoms with E-state index < -0.39 is 11.5 Å². The van der Waals surface area contributed by atoms with Gasteiger partial charge in [0.15, 0.2) is 0 Å². The van der Waals surface area contributed by atoms with Crippen LogP contribution in [0, 0.1) is 3.57 Å². The van der Waals surface area contributed by atoms with E-state index in [1.165, 1.54) is 0 Å². The van der Waals surface area contributed by atoms with E-state index in [0.29, 0.717) is 18.4 Å². The molecule has 0 unspecified atom stereocenters. The molecule has 1 aliphatic carbocycles. The van der Waals surface area contributed by atoms with Crippen molar-refractivity contribution in [3.63, 3.8) is 0 Å². The Bertz CT molecular complexity index is 454. The topological polar surface area (TPSA) is 66.4 Å². The lowest BCUT2D eigenvalue weighted by molar-refractivity contribution is -0.140. The van der Waals surface area contributed by atoms with Crippen LogP contribution in [0.1, 0.15) is 23.2 Å². The molecule has 84 valence electrons. The summed E-state index contributed by atoms with van der Waals surface area (Å²) in [4.78, 5) is 22.8. The molecule has 0 spiro atoms. The summed E-state index contributed by atoms with van der Waals surface area (Å²) in [5.41, 5.74) is -0.494. The number of hydrogen-bond donors (Lipinski definition) is 2. The fourth-order valence-corrected chi connectivity index (χ4v) is 2.08. The Balaban J connectivity index is 2.16. The Kier molecular flexibility index (Phi) is 2.88. The Hall–Kier alpha value is -1.11. The summed E-state index contributed by atoms with van der Waals surface area (Å²) in [7, 11) is 0. The van der Waals surface area contributed by atoms with Crippen LogP contribution in [0.15, 0.2) is 24.3 Å². The standard InChI is InChI=1S/C11H10INO3/c12-8-4-2-1-3-7(8)9(14)13-11(5-6-11)10(15)16/h1-4H,5-6H2,(H,13,14)(H,15,16). The molecule has 0 radical (unpaired) electrons. The number of hydrogen-bond acceptors (Lipinski definition) is 2. The van der Waals surface area contributed by atoms with Crippen molar-refractivity contribution < 1.29 is 14.7 Å². The normalized spacial score (nSPS) is 16.6. The number of carboxylic acids is 1. The molecular formula is C11H10INO3. The van der Waals surface area contributed by atoms with Crippen LogP contribution in [0.2, 0.25) is 0 Å². The van der Waals surface area contributed by atoms with Crippen molar-refractivity contribution in [2.24, 2.45) is 0 Å². The van der Waals surface area contributed by atoms with Gasteiger partial charge >= 0.3 is 5.97 Å². The fourth-order valence-electron chi connectivity index (χ4n) is 1.45. The van der Waals surface area contributed by atoms with Gasteiger partial charge in [0.25, 0.3) is 5.91 Å². The lowest BCUT2D eigenvalue weighted by Gasteiger charge is -2.12. The van der Waals surface area contributed by atoms with Gasteiger partial charge in [0.1, 0.15) is 5.54 Å². The van der Waals surface area contributed by atoms with Crippen molar-refractivity contribution in [2.75, 3.05) is 0 Å². The molecule has 16 heavy (non-hydrogen) atoms. The zero-order valence-corrected chi connectivity index (χ0v) is 10.5. The maximum atomic E-state index is 11.8. The number of carbonyl (C=O) groups excluding carboxylic acids is 1. The van der Waals surface area contributed by atoms with E-state index >= 15 is 0 Å². The number of rotatable bonds is 3. The van der Waals surface area contributed by atoms with Crippen molar-refractivity contribution in [3.8, 4) is 0 Å². The van der Waals surface area contributed by atoms with Gasteiger partial charge in [0.2, 0.25) is 0 Å². The van der Waals surface area contributed by atoms with E-state index in [9.17, 15) is 9.59 Å².